The van der Waals surface area contributed by atoms with Crippen LogP contribution >= 0.6 is 11.8 Å². The van der Waals surface area contributed by atoms with Gasteiger partial charge in [-0.3, -0.25) is 4.79 Å². The number of nitrogens with one attached hydrogen (secondary N) is 2. The summed E-state index contributed by atoms with van der Waals surface area (Å²) in [5, 5.41) is 3.08. The number of amides is 1. The van der Waals surface area contributed by atoms with Crippen molar-refractivity contribution in [2.24, 2.45) is 0 Å². The van der Waals surface area contributed by atoms with Crippen molar-refractivity contribution in [2.75, 3.05) is 19.1 Å². The molecule has 1 aliphatic carbocycles. The maximum Gasteiger partial charge on any atom is 0.241 e. The van der Waals surface area contributed by atoms with E-state index in [9.17, 15) is 13.2 Å². The number of hydrogen-bond donors (Lipinski definition) is 2. The van der Waals surface area contributed by atoms with Crippen LogP contribution in [-0.2, 0) is 21.2 Å². The largest absolute Gasteiger partial charge is 0.497 e. The number of sulfonamides is 1. The number of rotatable bonds is 9. The van der Waals surface area contributed by atoms with Gasteiger partial charge in [0.05, 0.1) is 18.0 Å². The molecule has 8 heteroatoms. The molecule has 30 heavy (non-hydrogen) atoms. The Morgan fingerprint density at radius 1 is 1.20 bits per heavy atom. The highest BCUT2D eigenvalue weighted by atomic mass is 32.2. The fourth-order valence-electron chi connectivity index (χ4n) is 3.67. The molecule has 0 aromatic heterocycles. The van der Waals surface area contributed by atoms with E-state index in [4.69, 9.17) is 4.74 Å². The van der Waals surface area contributed by atoms with Crippen molar-refractivity contribution in [3.05, 3.63) is 59.7 Å². The zero-order chi connectivity index (χ0) is 21.6. The first kappa shape index (κ1) is 22.7. The molecule has 0 saturated carbocycles. The van der Waals surface area contributed by atoms with Gasteiger partial charge < -0.3 is 10.1 Å². The highest BCUT2D eigenvalue weighted by molar-refractivity contribution is 7.98. The van der Waals surface area contributed by atoms with Crippen molar-refractivity contribution in [3.8, 4) is 5.75 Å². The number of ether oxygens (including phenoxy) is 1. The molecule has 162 valence electrons. The Labute approximate surface area is 182 Å². The summed E-state index contributed by atoms with van der Waals surface area (Å²) < 4.78 is 33.4. The number of carbonyl (C=O) groups excluding carboxylic acids is 1. The van der Waals surface area contributed by atoms with Crippen LogP contribution in [0.2, 0.25) is 0 Å². The Bertz CT molecular complexity index is 961. The van der Waals surface area contributed by atoms with Crippen molar-refractivity contribution in [2.45, 2.75) is 42.7 Å². The third kappa shape index (κ3) is 5.56. The number of carbonyl (C=O) groups is 1. The summed E-state index contributed by atoms with van der Waals surface area (Å²) in [5.74, 6) is 0.953. The number of benzene rings is 2. The maximum absolute atomic E-state index is 13.1. The van der Waals surface area contributed by atoms with Crippen molar-refractivity contribution < 1.29 is 17.9 Å². The summed E-state index contributed by atoms with van der Waals surface area (Å²) >= 11 is 1.58. The van der Waals surface area contributed by atoms with Gasteiger partial charge in [0.1, 0.15) is 11.8 Å². The zero-order valence-corrected chi connectivity index (χ0v) is 18.9. The van der Waals surface area contributed by atoms with E-state index < -0.39 is 16.1 Å². The average Bonchev–Trinajstić information content (AvgIpc) is 2.76. The lowest BCUT2D eigenvalue weighted by Crippen LogP contribution is -2.48. The second kappa shape index (κ2) is 10.3. The number of aryl methyl sites for hydroxylation is 1. The Kier molecular flexibility index (Phi) is 7.80. The van der Waals surface area contributed by atoms with Crippen molar-refractivity contribution in [1.82, 2.24) is 10.0 Å². The van der Waals surface area contributed by atoms with Crippen LogP contribution in [0.3, 0.4) is 0 Å². The van der Waals surface area contributed by atoms with E-state index in [0.29, 0.717) is 17.9 Å². The Hall–Kier alpha value is -2.03. The van der Waals surface area contributed by atoms with Gasteiger partial charge in [-0.05, 0) is 73.1 Å². The zero-order valence-electron chi connectivity index (χ0n) is 17.3. The molecule has 0 radical (unpaired) electrons. The van der Waals surface area contributed by atoms with Gasteiger partial charge in [0.2, 0.25) is 15.9 Å². The van der Waals surface area contributed by atoms with Crippen molar-refractivity contribution in [3.63, 3.8) is 0 Å². The van der Waals surface area contributed by atoms with Crippen LogP contribution in [0.1, 0.15) is 36.4 Å². The smallest absolute Gasteiger partial charge is 0.241 e. The van der Waals surface area contributed by atoms with Gasteiger partial charge in [-0.1, -0.05) is 24.3 Å². The SMILES string of the molecule is COc1ccc(S(=O)(=O)N[C@H](CCSC)C(=O)N[C@@H]2CCCc3ccccc32)cc1. The molecule has 2 N–H and O–H groups in total. The Morgan fingerprint density at radius 2 is 1.93 bits per heavy atom. The van der Waals surface area contributed by atoms with Crippen LogP contribution in [-0.4, -0.2) is 39.5 Å². The fourth-order valence-corrected chi connectivity index (χ4v) is 5.37. The van der Waals surface area contributed by atoms with Crippen molar-refractivity contribution >= 4 is 27.7 Å². The van der Waals surface area contributed by atoms with Crippen LogP contribution in [0.4, 0.5) is 0 Å². The lowest BCUT2D eigenvalue weighted by Gasteiger charge is -2.28. The van der Waals surface area contributed by atoms with Crippen LogP contribution in [0, 0.1) is 0 Å². The maximum atomic E-state index is 13.1. The Morgan fingerprint density at radius 3 is 2.63 bits per heavy atom. The summed E-state index contributed by atoms with van der Waals surface area (Å²) in [7, 11) is -2.32. The van der Waals surface area contributed by atoms with Crippen LogP contribution in [0.5, 0.6) is 5.75 Å². The summed E-state index contributed by atoms with van der Waals surface area (Å²) in [6.07, 6.45) is 5.20. The standard InChI is InChI=1S/C22H28N2O4S2/c1-28-17-10-12-18(13-11-17)30(26,27)24-21(14-15-29-2)22(25)23-20-9-5-7-16-6-3-4-8-19(16)20/h3-4,6,8,10-13,20-21,24H,5,7,9,14-15H2,1-2H3,(H,23,25)/t20-,21-/m1/s1. The van der Waals surface area contributed by atoms with Gasteiger partial charge in [0.15, 0.2) is 0 Å². The minimum atomic E-state index is -3.84. The minimum absolute atomic E-state index is 0.0929. The predicted octanol–water partition coefficient (Wildman–Crippen LogP) is 3.29. The molecular weight excluding hydrogens is 420 g/mol. The second-order valence-electron chi connectivity index (χ2n) is 7.28. The van der Waals surface area contributed by atoms with E-state index in [1.807, 2.05) is 24.5 Å². The quantitative estimate of drug-likeness (QED) is 0.615. The third-order valence-electron chi connectivity index (χ3n) is 5.28. The van der Waals surface area contributed by atoms with E-state index in [2.05, 4.69) is 16.1 Å². The lowest BCUT2D eigenvalue weighted by atomic mass is 9.87. The van der Waals surface area contributed by atoms with Gasteiger partial charge in [-0.2, -0.15) is 16.5 Å². The molecule has 0 spiro atoms. The summed E-state index contributed by atoms with van der Waals surface area (Å²) in [5.41, 5.74) is 2.37. The lowest BCUT2D eigenvalue weighted by molar-refractivity contribution is -0.123. The normalized spacial score (nSPS) is 17.1. The van der Waals surface area contributed by atoms with Gasteiger partial charge in [0.25, 0.3) is 0 Å². The second-order valence-corrected chi connectivity index (χ2v) is 9.98. The molecule has 0 bridgehead atoms. The Balaban J connectivity index is 1.75. The number of fused-ring (bicyclic) bond motifs is 1. The molecule has 0 aliphatic heterocycles. The van der Waals surface area contributed by atoms with E-state index in [1.165, 1.54) is 24.8 Å². The van der Waals surface area contributed by atoms with Crippen LogP contribution in [0.15, 0.2) is 53.4 Å². The molecule has 0 fully saturated rings. The monoisotopic (exact) mass is 448 g/mol. The van der Waals surface area contributed by atoms with Crippen molar-refractivity contribution in [1.29, 1.82) is 0 Å². The molecular formula is C22H28N2O4S2. The number of methoxy groups -OCH3 is 1. The topological polar surface area (TPSA) is 84.5 Å². The van der Waals surface area contributed by atoms with Gasteiger partial charge >= 0.3 is 0 Å². The first-order chi connectivity index (χ1) is 14.4. The molecule has 2 aromatic carbocycles. The van der Waals surface area contributed by atoms with E-state index >= 15 is 0 Å². The third-order valence-corrected chi connectivity index (χ3v) is 7.41. The molecule has 1 aliphatic rings. The molecule has 2 aromatic rings. The van der Waals surface area contributed by atoms with Crippen LogP contribution in [0.25, 0.3) is 0 Å². The van der Waals surface area contributed by atoms with Gasteiger partial charge in [0, 0.05) is 0 Å². The number of hydrogen-bond acceptors (Lipinski definition) is 5. The highest BCUT2D eigenvalue weighted by Crippen LogP contribution is 2.29. The summed E-state index contributed by atoms with van der Waals surface area (Å²) in [6, 6.07) is 13.3. The summed E-state index contributed by atoms with van der Waals surface area (Å²) in [6.45, 7) is 0. The molecule has 0 saturated heterocycles. The molecule has 0 heterocycles. The van der Waals surface area contributed by atoms with E-state index in [1.54, 1.807) is 23.9 Å². The first-order valence-electron chi connectivity index (χ1n) is 9.98. The van der Waals surface area contributed by atoms with Gasteiger partial charge in [-0.15, -0.1) is 0 Å². The fraction of sp³-hybridized carbons (Fsp3) is 0.409. The van der Waals surface area contributed by atoms with Gasteiger partial charge in [-0.25, -0.2) is 8.42 Å². The highest BCUT2D eigenvalue weighted by Gasteiger charge is 2.29. The average molecular weight is 449 g/mol. The predicted molar refractivity (Wildman–Crippen MR) is 120 cm³/mol. The van der Waals surface area contributed by atoms with Crippen LogP contribution < -0.4 is 14.8 Å². The molecule has 3 rings (SSSR count). The first-order valence-corrected chi connectivity index (χ1v) is 12.9. The number of thioether (sulfide) groups is 1. The minimum Gasteiger partial charge on any atom is -0.497 e. The van der Waals surface area contributed by atoms with E-state index in [-0.39, 0.29) is 16.8 Å². The molecule has 0 unspecified atom stereocenters. The molecule has 1 amide bonds. The molecule has 6 nitrogen and oxygen atoms in total. The van der Waals surface area contributed by atoms with E-state index in [0.717, 1.165) is 24.8 Å². The molecule has 2 atom stereocenters. The summed E-state index contributed by atoms with van der Waals surface area (Å²) in [4.78, 5) is 13.2.